The summed E-state index contributed by atoms with van der Waals surface area (Å²) in [5, 5.41) is 18.1. The number of carboxylic acids is 1. The van der Waals surface area contributed by atoms with Gasteiger partial charge in [0, 0.05) is 9.92 Å². The molecule has 0 atom stereocenters. The van der Waals surface area contributed by atoms with Gasteiger partial charge in [-0.3, -0.25) is 0 Å². The number of rotatable bonds is 3. The number of aryl methyl sites for hydroxylation is 1. The number of aromatic nitrogens is 2. The van der Waals surface area contributed by atoms with Gasteiger partial charge in [0.05, 0.1) is 5.56 Å². The van der Waals surface area contributed by atoms with Gasteiger partial charge in [0.25, 0.3) is 0 Å². The van der Waals surface area contributed by atoms with Crippen LogP contribution in [0.3, 0.4) is 0 Å². The standard InChI is InChI=1S/C10H7ClN2O2S2/c1-5-12-13-10(16-5)17-8-3-2-6(11)4-7(8)9(14)15/h2-4H,1H3,(H,14,15). The van der Waals surface area contributed by atoms with Gasteiger partial charge in [-0.15, -0.1) is 10.2 Å². The Morgan fingerprint density at radius 1 is 1.47 bits per heavy atom. The van der Waals surface area contributed by atoms with Crippen LogP contribution in [-0.4, -0.2) is 21.3 Å². The zero-order chi connectivity index (χ0) is 12.4. The molecule has 4 nitrogen and oxygen atoms in total. The number of halogens is 1. The van der Waals surface area contributed by atoms with Gasteiger partial charge in [0.15, 0.2) is 4.34 Å². The summed E-state index contributed by atoms with van der Waals surface area (Å²) in [4.78, 5) is 11.7. The second-order valence-electron chi connectivity index (χ2n) is 3.13. The average molecular weight is 287 g/mol. The van der Waals surface area contributed by atoms with Crippen molar-refractivity contribution in [3.05, 3.63) is 33.8 Å². The van der Waals surface area contributed by atoms with Gasteiger partial charge < -0.3 is 5.11 Å². The maximum atomic E-state index is 11.1. The Morgan fingerprint density at radius 2 is 2.24 bits per heavy atom. The fourth-order valence-electron chi connectivity index (χ4n) is 1.17. The van der Waals surface area contributed by atoms with Crippen molar-refractivity contribution < 1.29 is 9.90 Å². The highest BCUT2D eigenvalue weighted by Gasteiger charge is 2.13. The van der Waals surface area contributed by atoms with Gasteiger partial charge in [-0.25, -0.2) is 4.79 Å². The molecule has 88 valence electrons. The van der Waals surface area contributed by atoms with E-state index in [4.69, 9.17) is 16.7 Å². The Hall–Kier alpha value is -1.11. The van der Waals surface area contributed by atoms with Crippen LogP contribution in [0.2, 0.25) is 5.02 Å². The van der Waals surface area contributed by atoms with Crippen molar-refractivity contribution in [1.29, 1.82) is 0 Å². The molecule has 0 saturated heterocycles. The van der Waals surface area contributed by atoms with E-state index >= 15 is 0 Å². The quantitative estimate of drug-likeness (QED) is 0.937. The topological polar surface area (TPSA) is 63.1 Å². The van der Waals surface area contributed by atoms with E-state index < -0.39 is 5.97 Å². The fraction of sp³-hybridized carbons (Fsp3) is 0.100. The molecular formula is C10H7ClN2O2S2. The minimum Gasteiger partial charge on any atom is -0.478 e. The first-order valence-corrected chi connectivity index (χ1v) is 6.58. The van der Waals surface area contributed by atoms with E-state index in [1.54, 1.807) is 12.1 Å². The Labute approximate surface area is 111 Å². The molecule has 0 spiro atoms. The smallest absolute Gasteiger partial charge is 0.336 e. The molecule has 1 aromatic heterocycles. The van der Waals surface area contributed by atoms with Crippen molar-refractivity contribution in [1.82, 2.24) is 10.2 Å². The normalized spacial score (nSPS) is 10.5. The van der Waals surface area contributed by atoms with E-state index in [1.807, 2.05) is 6.92 Å². The third kappa shape index (κ3) is 2.96. The van der Waals surface area contributed by atoms with Crippen molar-refractivity contribution in [2.24, 2.45) is 0 Å². The lowest BCUT2D eigenvalue weighted by Crippen LogP contribution is -1.98. The summed E-state index contributed by atoms with van der Waals surface area (Å²) in [5.74, 6) is -1.00. The van der Waals surface area contributed by atoms with Crippen molar-refractivity contribution in [2.75, 3.05) is 0 Å². The van der Waals surface area contributed by atoms with E-state index in [0.29, 0.717) is 14.3 Å². The lowest BCUT2D eigenvalue weighted by Gasteiger charge is -2.03. The Balaban J connectivity index is 2.35. The predicted octanol–water partition coefficient (Wildman–Crippen LogP) is 3.35. The first-order valence-electron chi connectivity index (χ1n) is 4.57. The minimum atomic E-state index is -1.00. The molecule has 0 aliphatic heterocycles. The SMILES string of the molecule is Cc1nnc(Sc2ccc(Cl)cc2C(=O)O)s1. The minimum absolute atomic E-state index is 0.176. The Bertz CT molecular complexity index is 571. The summed E-state index contributed by atoms with van der Waals surface area (Å²) < 4.78 is 0.715. The van der Waals surface area contributed by atoms with Crippen LogP contribution >= 0.6 is 34.7 Å². The highest BCUT2D eigenvalue weighted by molar-refractivity contribution is 8.01. The molecule has 0 radical (unpaired) electrons. The number of carboxylic acid groups (broad SMARTS) is 1. The summed E-state index contributed by atoms with van der Waals surface area (Å²) in [6.07, 6.45) is 0. The van der Waals surface area contributed by atoms with Crippen LogP contribution in [0.15, 0.2) is 27.4 Å². The average Bonchev–Trinajstić information content (AvgIpc) is 2.66. The van der Waals surface area contributed by atoms with Crippen molar-refractivity contribution in [2.45, 2.75) is 16.2 Å². The van der Waals surface area contributed by atoms with Crippen molar-refractivity contribution in [3.63, 3.8) is 0 Å². The number of nitrogens with zero attached hydrogens (tertiary/aromatic N) is 2. The van der Waals surface area contributed by atoms with Crippen LogP contribution in [0.1, 0.15) is 15.4 Å². The molecule has 0 bridgehead atoms. The first-order chi connectivity index (χ1) is 8.06. The monoisotopic (exact) mass is 286 g/mol. The zero-order valence-corrected chi connectivity index (χ0v) is 11.1. The maximum absolute atomic E-state index is 11.1. The van der Waals surface area contributed by atoms with Gasteiger partial charge in [0.1, 0.15) is 5.01 Å². The molecule has 2 aromatic rings. The Morgan fingerprint density at radius 3 is 2.82 bits per heavy atom. The largest absolute Gasteiger partial charge is 0.478 e. The molecule has 0 aliphatic rings. The van der Waals surface area contributed by atoms with Gasteiger partial charge in [-0.2, -0.15) is 0 Å². The van der Waals surface area contributed by atoms with Crippen LogP contribution in [0.25, 0.3) is 0 Å². The van der Waals surface area contributed by atoms with E-state index in [9.17, 15) is 4.79 Å². The van der Waals surface area contributed by atoms with Gasteiger partial charge in [0.2, 0.25) is 0 Å². The number of carbonyl (C=O) groups is 1. The third-order valence-corrected chi connectivity index (χ3v) is 4.08. The molecule has 1 aromatic carbocycles. The van der Waals surface area contributed by atoms with Crippen LogP contribution in [0, 0.1) is 6.92 Å². The summed E-state index contributed by atoms with van der Waals surface area (Å²) >= 11 is 8.47. The summed E-state index contributed by atoms with van der Waals surface area (Å²) in [5.41, 5.74) is 0.176. The number of hydrogen-bond donors (Lipinski definition) is 1. The fourth-order valence-corrected chi connectivity index (χ4v) is 3.22. The molecule has 7 heteroatoms. The molecule has 1 N–H and O–H groups in total. The molecule has 0 unspecified atom stereocenters. The number of hydrogen-bond acceptors (Lipinski definition) is 5. The second kappa shape index (κ2) is 5.03. The van der Waals surface area contributed by atoms with E-state index in [1.165, 1.54) is 29.2 Å². The van der Waals surface area contributed by atoms with E-state index in [2.05, 4.69) is 10.2 Å². The van der Waals surface area contributed by atoms with Crippen LogP contribution in [-0.2, 0) is 0 Å². The lowest BCUT2D eigenvalue weighted by atomic mass is 10.2. The number of aromatic carboxylic acids is 1. The maximum Gasteiger partial charge on any atom is 0.336 e. The van der Waals surface area contributed by atoms with Gasteiger partial charge in [-0.1, -0.05) is 34.7 Å². The molecule has 1 heterocycles. The second-order valence-corrected chi connectivity index (χ2v) is 6.04. The van der Waals surface area contributed by atoms with Gasteiger partial charge in [-0.05, 0) is 25.1 Å². The zero-order valence-electron chi connectivity index (χ0n) is 8.68. The molecule has 2 rings (SSSR count). The third-order valence-electron chi connectivity index (χ3n) is 1.88. The summed E-state index contributed by atoms with van der Waals surface area (Å²) in [6.45, 7) is 1.85. The van der Waals surface area contributed by atoms with Gasteiger partial charge >= 0.3 is 5.97 Å². The molecule has 0 aliphatic carbocycles. The van der Waals surface area contributed by atoms with E-state index in [-0.39, 0.29) is 5.56 Å². The summed E-state index contributed by atoms with van der Waals surface area (Å²) in [7, 11) is 0. The van der Waals surface area contributed by atoms with Crippen LogP contribution in [0.4, 0.5) is 0 Å². The number of benzene rings is 1. The molecule has 0 amide bonds. The highest BCUT2D eigenvalue weighted by Crippen LogP contribution is 2.33. The van der Waals surface area contributed by atoms with Crippen LogP contribution in [0.5, 0.6) is 0 Å². The molecule has 0 fully saturated rings. The molecule has 17 heavy (non-hydrogen) atoms. The van der Waals surface area contributed by atoms with Crippen LogP contribution < -0.4 is 0 Å². The van der Waals surface area contributed by atoms with Crippen molar-refractivity contribution in [3.8, 4) is 0 Å². The lowest BCUT2D eigenvalue weighted by molar-refractivity contribution is 0.0693. The molecular weight excluding hydrogens is 280 g/mol. The molecule has 0 saturated carbocycles. The Kier molecular flexibility index (Phi) is 3.66. The van der Waals surface area contributed by atoms with Crippen molar-refractivity contribution >= 4 is 40.7 Å². The summed E-state index contributed by atoms with van der Waals surface area (Å²) in [6, 6.07) is 4.76. The first kappa shape index (κ1) is 12.3. The highest BCUT2D eigenvalue weighted by atomic mass is 35.5. The van der Waals surface area contributed by atoms with E-state index in [0.717, 1.165) is 5.01 Å². The predicted molar refractivity (Wildman–Crippen MR) is 67.2 cm³/mol.